The number of halogens is 1. The Bertz CT molecular complexity index is 389. The summed E-state index contributed by atoms with van der Waals surface area (Å²) < 4.78 is 12.7. The molecule has 21 heavy (non-hydrogen) atoms. The largest absolute Gasteiger partial charge is 0.356 e. The third-order valence-corrected chi connectivity index (χ3v) is 3.64. The molecule has 0 unspecified atom stereocenters. The summed E-state index contributed by atoms with van der Waals surface area (Å²) in [6.45, 7) is 3.00. The lowest BCUT2D eigenvalue weighted by Gasteiger charge is -2.05. The first kappa shape index (κ1) is 17.7. The van der Waals surface area contributed by atoms with Crippen molar-refractivity contribution in [2.45, 2.75) is 64.7 Å². The summed E-state index contributed by atoms with van der Waals surface area (Å²) in [7, 11) is 0. The van der Waals surface area contributed by atoms with E-state index in [0.717, 1.165) is 44.2 Å². The van der Waals surface area contributed by atoms with E-state index in [0.29, 0.717) is 6.42 Å². The van der Waals surface area contributed by atoms with Crippen molar-refractivity contribution >= 4 is 5.91 Å². The zero-order chi connectivity index (χ0) is 15.3. The molecule has 0 fully saturated rings. The molecule has 0 radical (unpaired) electrons. The van der Waals surface area contributed by atoms with Crippen LogP contribution in [0.25, 0.3) is 0 Å². The average Bonchev–Trinajstić information content (AvgIpc) is 2.48. The second kappa shape index (κ2) is 11.3. The lowest BCUT2D eigenvalue weighted by molar-refractivity contribution is -0.121. The number of benzene rings is 1. The van der Waals surface area contributed by atoms with Gasteiger partial charge in [0.1, 0.15) is 5.82 Å². The molecule has 1 aromatic rings. The number of carbonyl (C=O) groups excluding carboxylic acids is 1. The molecule has 2 nitrogen and oxygen atoms in total. The molecule has 0 aliphatic carbocycles. The third kappa shape index (κ3) is 9.22. The van der Waals surface area contributed by atoms with Crippen LogP contribution < -0.4 is 5.32 Å². The molecular weight excluding hydrogens is 265 g/mol. The Labute approximate surface area is 128 Å². The number of unbranched alkanes of at least 4 members (excludes halogenated alkanes) is 5. The Kier molecular flexibility index (Phi) is 9.51. The van der Waals surface area contributed by atoms with Gasteiger partial charge in [-0.3, -0.25) is 4.79 Å². The second-order valence-electron chi connectivity index (χ2n) is 5.60. The molecule has 0 atom stereocenters. The van der Waals surface area contributed by atoms with Crippen molar-refractivity contribution in [2.75, 3.05) is 6.54 Å². The minimum Gasteiger partial charge on any atom is -0.356 e. The van der Waals surface area contributed by atoms with Crippen molar-refractivity contribution in [3.8, 4) is 0 Å². The topological polar surface area (TPSA) is 29.1 Å². The molecule has 1 N–H and O–H groups in total. The zero-order valence-electron chi connectivity index (χ0n) is 13.2. The fraction of sp³-hybridized carbons (Fsp3) is 0.611. The van der Waals surface area contributed by atoms with Crippen LogP contribution in [-0.2, 0) is 11.2 Å². The van der Waals surface area contributed by atoms with E-state index in [-0.39, 0.29) is 11.7 Å². The molecule has 118 valence electrons. The molecule has 1 aromatic carbocycles. The highest BCUT2D eigenvalue weighted by Gasteiger charge is 2.01. The van der Waals surface area contributed by atoms with Crippen molar-refractivity contribution < 1.29 is 9.18 Å². The van der Waals surface area contributed by atoms with E-state index in [4.69, 9.17) is 0 Å². The Balaban J connectivity index is 1.96. The first-order chi connectivity index (χ1) is 10.2. The molecule has 0 aliphatic heterocycles. The van der Waals surface area contributed by atoms with Crippen LogP contribution in [0, 0.1) is 5.82 Å². The Morgan fingerprint density at radius 2 is 1.71 bits per heavy atom. The van der Waals surface area contributed by atoms with Crippen LogP contribution in [0.3, 0.4) is 0 Å². The van der Waals surface area contributed by atoms with Gasteiger partial charge in [0, 0.05) is 13.0 Å². The van der Waals surface area contributed by atoms with Crippen LogP contribution in [0.2, 0.25) is 0 Å². The summed E-state index contributed by atoms with van der Waals surface area (Å²) >= 11 is 0. The number of nitrogens with one attached hydrogen (secondary N) is 1. The van der Waals surface area contributed by atoms with E-state index in [1.54, 1.807) is 0 Å². The van der Waals surface area contributed by atoms with E-state index in [1.807, 2.05) is 12.1 Å². The summed E-state index contributed by atoms with van der Waals surface area (Å²) in [5.41, 5.74) is 1.16. The first-order valence-electron chi connectivity index (χ1n) is 8.23. The molecule has 3 heteroatoms. The number of hydrogen-bond acceptors (Lipinski definition) is 1. The molecule has 1 rings (SSSR count). The van der Waals surface area contributed by atoms with Crippen molar-refractivity contribution in [1.82, 2.24) is 5.32 Å². The van der Waals surface area contributed by atoms with Crippen LogP contribution in [0.4, 0.5) is 4.39 Å². The molecule has 0 aliphatic rings. The highest BCUT2D eigenvalue weighted by Crippen LogP contribution is 2.09. The minimum atomic E-state index is -0.186. The Hall–Kier alpha value is -1.38. The monoisotopic (exact) mass is 293 g/mol. The van der Waals surface area contributed by atoms with Gasteiger partial charge in [-0.1, -0.05) is 44.7 Å². The number of carbonyl (C=O) groups is 1. The maximum absolute atomic E-state index is 12.7. The van der Waals surface area contributed by atoms with Crippen LogP contribution in [0.5, 0.6) is 0 Å². The van der Waals surface area contributed by atoms with Crippen LogP contribution in [0.15, 0.2) is 24.3 Å². The van der Waals surface area contributed by atoms with Gasteiger partial charge in [0.25, 0.3) is 0 Å². The molecule has 0 heterocycles. The quantitative estimate of drug-likeness (QED) is 0.592. The first-order valence-corrected chi connectivity index (χ1v) is 8.23. The normalized spacial score (nSPS) is 10.6. The maximum Gasteiger partial charge on any atom is 0.219 e. The van der Waals surface area contributed by atoms with E-state index < -0.39 is 0 Å². The molecule has 0 bridgehead atoms. The predicted molar refractivity (Wildman–Crippen MR) is 85.7 cm³/mol. The molecule has 0 spiro atoms. The number of amides is 1. The number of aryl methyl sites for hydroxylation is 1. The second-order valence-corrected chi connectivity index (χ2v) is 5.60. The van der Waals surface area contributed by atoms with Gasteiger partial charge in [-0.25, -0.2) is 4.39 Å². The van der Waals surface area contributed by atoms with Crippen molar-refractivity contribution in [1.29, 1.82) is 0 Å². The molecule has 0 saturated carbocycles. The molecule has 0 aromatic heterocycles. The summed E-state index contributed by atoms with van der Waals surface area (Å²) in [6.07, 6.45) is 9.37. The van der Waals surface area contributed by atoms with Crippen LogP contribution in [0.1, 0.15) is 63.9 Å². The lowest BCUT2D eigenvalue weighted by atomic mass is 10.1. The number of rotatable bonds is 11. The van der Waals surface area contributed by atoms with Crippen LogP contribution in [-0.4, -0.2) is 12.5 Å². The van der Waals surface area contributed by atoms with Gasteiger partial charge in [0.05, 0.1) is 0 Å². The predicted octanol–water partition coefficient (Wildman–Crippen LogP) is 4.63. The Morgan fingerprint density at radius 3 is 2.43 bits per heavy atom. The Morgan fingerprint density at radius 1 is 1.00 bits per heavy atom. The molecule has 0 saturated heterocycles. The summed E-state index contributed by atoms with van der Waals surface area (Å²) in [6, 6.07) is 6.67. The van der Waals surface area contributed by atoms with Gasteiger partial charge in [-0.05, 0) is 43.4 Å². The highest BCUT2D eigenvalue weighted by atomic mass is 19.1. The van der Waals surface area contributed by atoms with Crippen LogP contribution >= 0.6 is 0 Å². The fourth-order valence-electron chi connectivity index (χ4n) is 2.31. The van der Waals surface area contributed by atoms with E-state index in [2.05, 4.69) is 12.2 Å². The van der Waals surface area contributed by atoms with Crippen molar-refractivity contribution in [2.24, 2.45) is 0 Å². The van der Waals surface area contributed by atoms with Gasteiger partial charge >= 0.3 is 0 Å². The fourth-order valence-corrected chi connectivity index (χ4v) is 2.31. The highest BCUT2D eigenvalue weighted by molar-refractivity contribution is 5.75. The smallest absolute Gasteiger partial charge is 0.219 e. The summed E-state index contributed by atoms with van der Waals surface area (Å²) in [4.78, 5) is 11.6. The van der Waals surface area contributed by atoms with Gasteiger partial charge in [0.15, 0.2) is 0 Å². The average molecular weight is 293 g/mol. The molecule has 1 amide bonds. The zero-order valence-corrected chi connectivity index (χ0v) is 13.2. The molecular formula is C18H28FNO. The summed E-state index contributed by atoms with van der Waals surface area (Å²) in [5.74, 6) is -0.0114. The van der Waals surface area contributed by atoms with Gasteiger partial charge in [0.2, 0.25) is 5.91 Å². The van der Waals surface area contributed by atoms with Gasteiger partial charge in [-0.2, -0.15) is 0 Å². The van der Waals surface area contributed by atoms with E-state index in [1.165, 1.54) is 31.4 Å². The van der Waals surface area contributed by atoms with Gasteiger partial charge in [-0.15, -0.1) is 0 Å². The third-order valence-electron chi connectivity index (χ3n) is 3.64. The standard InChI is InChI=1S/C18H28FNO/c1-2-3-4-8-15-20-18(21)10-7-5-6-9-16-11-13-17(19)14-12-16/h11-14H,2-10,15H2,1H3,(H,20,21). The van der Waals surface area contributed by atoms with Crippen molar-refractivity contribution in [3.63, 3.8) is 0 Å². The van der Waals surface area contributed by atoms with Gasteiger partial charge < -0.3 is 5.32 Å². The summed E-state index contributed by atoms with van der Waals surface area (Å²) in [5, 5.41) is 2.98. The SMILES string of the molecule is CCCCCCNC(=O)CCCCCc1ccc(F)cc1. The lowest BCUT2D eigenvalue weighted by Crippen LogP contribution is -2.23. The van der Waals surface area contributed by atoms with E-state index >= 15 is 0 Å². The van der Waals surface area contributed by atoms with E-state index in [9.17, 15) is 9.18 Å². The van der Waals surface area contributed by atoms with Crippen molar-refractivity contribution in [3.05, 3.63) is 35.6 Å². The minimum absolute atomic E-state index is 0.174. The number of hydrogen-bond donors (Lipinski definition) is 1. The maximum atomic E-state index is 12.7.